The summed E-state index contributed by atoms with van der Waals surface area (Å²) in [6, 6.07) is 6.61. The van der Waals surface area contributed by atoms with Gasteiger partial charge in [0.2, 0.25) is 0 Å². The first kappa shape index (κ1) is 25.9. The van der Waals surface area contributed by atoms with E-state index in [1.807, 2.05) is 6.07 Å². The highest BCUT2D eigenvalue weighted by molar-refractivity contribution is 5.89. The number of aldehydes is 1. The molecule has 0 atom stereocenters. The maximum absolute atomic E-state index is 14.8. The summed E-state index contributed by atoms with van der Waals surface area (Å²) in [5.74, 6) is -0.542. The van der Waals surface area contributed by atoms with Crippen molar-refractivity contribution in [3.63, 3.8) is 0 Å². The van der Waals surface area contributed by atoms with E-state index >= 15 is 0 Å². The summed E-state index contributed by atoms with van der Waals surface area (Å²) in [6.45, 7) is 1.08. The van der Waals surface area contributed by atoms with Crippen LogP contribution >= 0.6 is 0 Å². The molecular weight excluding hydrogens is 493 g/mol. The summed E-state index contributed by atoms with van der Waals surface area (Å²) in [6.07, 6.45) is 6.40. The van der Waals surface area contributed by atoms with Crippen molar-refractivity contribution in [2.24, 2.45) is 0 Å². The normalized spacial score (nSPS) is 22.4. The van der Waals surface area contributed by atoms with Crippen LogP contribution in [-0.4, -0.2) is 63.7 Å². The van der Waals surface area contributed by atoms with Crippen LogP contribution in [0.2, 0.25) is 0 Å². The summed E-state index contributed by atoms with van der Waals surface area (Å²) in [4.78, 5) is 34.8. The zero-order chi connectivity index (χ0) is 26.8. The van der Waals surface area contributed by atoms with Crippen LogP contribution in [0.4, 0.5) is 10.2 Å². The molecule has 0 radical (unpaired) electrons. The van der Waals surface area contributed by atoms with Crippen molar-refractivity contribution < 1.29 is 28.6 Å². The molecule has 10 nitrogen and oxygen atoms in total. The van der Waals surface area contributed by atoms with Crippen LogP contribution in [-0.2, 0) is 22.5 Å². The second kappa shape index (κ2) is 10.6. The number of nitrogens with zero attached hydrogens (tertiary/aromatic N) is 3. The van der Waals surface area contributed by atoms with E-state index in [-0.39, 0.29) is 23.4 Å². The molecule has 2 saturated heterocycles. The fraction of sp³-hybridized carbons (Fsp3) is 0.444. The minimum atomic E-state index is -1.16. The monoisotopic (exact) mass is 523 g/mol. The summed E-state index contributed by atoms with van der Waals surface area (Å²) in [5.41, 5.74) is 1.36. The molecule has 3 aromatic rings. The highest BCUT2D eigenvalue weighted by Crippen LogP contribution is 2.46. The molecule has 3 aromatic heterocycles. The number of carbonyl (C=O) groups excluding carboxylic acids is 1. The zero-order valence-corrected chi connectivity index (χ0v) is 21.1. The smallest absolute Gasteiger partial charge is 0.354 e. The average Bonchev–Trinajstić information content (AvgIpc) is 2.95. The molecule has 0 spiro atoms. The molecule has 2 bridgehead atoms. The predicted octanol–water partition coefficient (Wildman–Crippen LogP) is 3.29. The van der Waals surface area contributed by atoms with Gasteiger partial charge in [0.1, 0.15) is 18.1 Å². The van der Waals surface area contributed by atoms with Crippen LogP contribution in [0.15, 0.2) is 30.5 Å². The summed E-state index contributed by atoms with van der Waals surface area (Å²) >= 11 is 0. The number of anilines is 1. The third-order valence-electron chi connectivity index (χ3n) is 7.69. The van der Waals surface area contributed by atoms with E-state index in [0.717, 1.165) is 31.4 Å². The van der Waals surface area contributed by atoms with Crippen molar-refractivity contribution in [1.82, 2.24) is 20.3 Å². The van der Waals surface area contributed by atoms with Gasteiger partial charge >= 0.3 is 5.97 Å². The van der Waals surface area contributed by atoms with Gasteiger partial charge in [-0.3, -0.25) is 9.78 Å². The molecule has 2 aliphatic heterocycles. The molecule has 1 aliphatic carbocycles. The van der Waals surface area contributed by atoms with Crippen molar-refractivity contribution in [3.8, 4) is 5.75 Å². The Kier molecular flexibility index (Phi) is 7.22. The van der Waals surface area contributed by atoms with Gasteiger partial charge in [-0.2, -0.15) is 0 Å². The van der Waals surface area contributed by atoms with Crippen molar-refractivity contribution in [1.29, 1.82) is 0 Å². The van der Waals surface area contributed by atoms with E-state index in [9.17, 15) is 19.1 Å². The molecule has 6 rings (SSSR count). The van der Waals surface area contributed by atoms with Crippen molar-refractivity contribution in [2.75, 3.05) is 25.6 Å². The minimum Gasteiger partial charge on any atom is -0.482 e. The molecule has 3 aliphatic rings. The highest BCUT2D eigenvalue weighted by Gasteiger charge is 2.49. The second-order valence-electron chi connectivity index (χ2n) is 9.94. The molecular formula is C27H30FN5O5. The maximum Gasteiger partial charge on any atom is 0.354 e. The molecule has 0 amide bonds. The number of pyridine rings is 3. The predicted molar refractivity (Wildman–Crippen MR) is 137 cm³/mol. The molecule has 200 valence electrons. The Morgan fingerprint density at radius 2 is 2.03 bits per heavy atom. The van der Waals surface area contributed by atoms with Crippen LogP contribution in [0.5, 0.6) is 5.75 Å². The number of aryl methyl sites for hydroxylation is 1. The number of carboxylic acid groups (broad SMARTS) is 1. The van der Waals surface area contributed by atoms with E-state index in [4.69, 9.17) is 9.47 Å². The first-order chi connectivity index (χ1) is 18.4. The SMILES string of the molecule is CNc1nc(CNC23CCC(CCc4c(F)cnc5ccc(C(=O)O)nc45)(CC2)OC3)ccc1OCC=O. The lowest BCUT2D eigenvalue weighted by molar-refractivity contribution is -0.165. The fourth-order valence-electron chi connectivity index (χ4n) is 5.40. The van der Waals surface area contributed by atoms with Gasteiger partial charge in [0.25, 0.3) is 0 Å². The lowest BCUT2D eigenvalue weighted by atomic mass is 9.69. The lowest BCUT2D eigenvalue weighted by Gasteiger charge is -2.53. The average molecular weight is 524 g/mol. The van der Waals surface area contributed by atoms with Crippen LogP contribution in [0.3, 0.4) is 0 Å². The highest BCUT2D eigenvalue weighted by atomic mass is 19.1. The number of fused-ring (bicyclic) bond motifs is 4. The number of nitrogens with one attached hydrogen (secondary N) is 2. The van der Waals surface area contributed by atoms with Gasteiger partial charge in [-0.05, 0) is 62.8 Å². The minimum absolute atomic E-state index is 0.0277. The number of aromatic nitrogens is 3. The van der Waals surface area contributed by atoms with Gasteiger partial charge in [0.15, 0.2) is 17.9 Å². The van der Waals surface area contributed by atoms with Crippen molar-refractivity contribution in [2.45, 2.75) is 56.2 Å². The molecule has 0 aromatic carbocycles. The topological polar surface area (TPSA) is 136 Å². The van der Waals surface area contributed by atoms with Crippen molar-refractivity contribution >= 4 is 29.1 Å². The van der Waals surface area contributed by atoms with Crippen LogP contribution in [0, 0.1) is 5.82 Å². The van der Waals surface area contributed by atoms with Crippen LogP contribution in [0.25, 0.3) is 11.0 Å². The summed E-state index contributed by atoms with van der Waals surface area (Å²) < 4.78 is 26.6. The molecule has 0 unspecified atom stereocenters. The van der Waals surface area contributed by atoms with Crippen LogP contribution < -0.4 is 15.4 Å². The third-order valence-corrected chi connectivity index (χ3v) is 7.69. The molecule has 3 fully saturated rings. The molecule has 11 heteroatoms. The van der Waals surface area contributed by atoms with Gasteiger partial charge in [0.05, 0.1) is 35.1 Å². The van der Waals surface area contributed by atoms with E-state index in [1.54, 1.807) is 19.2 Å². The van der Waals surface area contributed by atoms with E-state index in [1.165, 1.54) is 12.3 Å². The molecule has 3 N–H and O–H groups in total. The summed E-state index contributed by atoms with van der Waals surface area (Å²) in [7, 11) is 1.75. The number of aromatic carboxylic acids is 1. The zero-order valence-electron chi connectivity index (χ0n) is 21.1. The number of carboxylic acids is 1. The Bertz CT molecular complexity index is 1340. The molecule has 5 heterocycles. The Balaban J connectivity index is 1.22. The van der Waals surface area contributed by atoms with E-state index in [0.29, 0.717) is 60.4 Å². The maximum atomic E-state index is 14.8. The molecule has 1 saturated carbocycles. The quantitative estimate of drug-likeness (QED) is 0.321. The number of carbonyl (C=O) groups is 2. The Morgan fingerprint density at radius 1 is 1.21 bits per heavy atom. The number of rotatable bonds is 11. The van der Waals surface area contributed by atoms with Gasteiger partial charge in [0, 0.05) is 24.7 Å². The lowest BCUT2D eigenvalue weighted by Crippen LogP contribution is -2.61. The third kappa shape index (κ3) is 5.16. The number of hydrogen-bond donors (Lipinski definition) is 3. The van der Waals surface area contributed by atoms with E-state index in [2.05, 4.69) is 25.6 Å². The number of ether oxygens (including phenoxy) is 2. The Hall–Kier alpha value is -3.70. The van der Waals surface area contributed by atoms with Crippen LogP contribution in [0.1, 0.15) is 53.8 Å². The van der Waals surface area contributed by atoms with Crippen molar-refractivity contribution in [3.05, 3.63) is 53.2 Å². The first-order valence-electron chi connectivity index (χ1n) is 12.7. The number of hydrogen-bond acceptors (Lipinski definition) is 9. The number of halogens is 1. The standard InChI is InChI=1S/C27H30FN5O5/c1-29-24-22(37-13-12-34)5-2-17(32-24)14-31-26-8-10-27(11-9-26,38-16-26)7-6-18-19(28)15-30-20-3-4-21(25(35)36)33-23(18)20/h2-5,12,15,31H,6-11,13-14,16H2,1H3,(H,29,32)(H,35,36). The van der Waals surface area contributed by atoms with Gasteiger partial charge in [-0.25, -0.2) is 19.2 Å². The first-order valence-corrected chi connectivity index (χ1v) is 12.7. The Morgan fingerprint density at radius 3 is 2.71 bits per heavy atom. The fourth-order valence-corrected chi connectivity index (χ4v) is 5.40. The van der Waals surface area contributed by atoms with Gasteiger partial charge in [-0.1, -0.05) is 0 Å². The van der Waals surface area contributed by atoms with Gasteiger partial charge < -0.3 is 25.2 Å². The van der Waals surface area contributed by atoms with E-state index < -0.39 is 11.8 Å². The molecule has 38 heavy (non-hydrogen) atoms. The largest absolute Gasteiger partial charge is 0.482 e. The second-order valence-corrected chi connectivity index (χ2v) is 9.94. The van der Waals surface area contributed by atoms with Gasteiger partial charge in [-0.15, -0.1) is 0 Å². The summed E-state index contributed by atoms with van der Waals surface area (Å²) in [5, 5.41) is 16.0. The Labute approximate surface area is 219 Å².